The number of ether oxygens (including phenoxy) is 1. The molecule has 0 aliphatic carbocycles. The lowest BCUT2D eigenvalue weighted by Crippen LogP contribution is -2.52. The SMILES string of the molecule is CN=C(NCCOc1cccnc1)N1CCN(Cc2cccs2)CC1. The van der Waals surface area contributed by atoms with Gasteiger partial charge in [-0.2, -0.15) is 0 Å². The van der Waals surface area contributed by atoms with Crippen LogP contribution in [0.15, 0.2) is 47.0 Å². The molecular weight excluding hydrogens is 334 g/mol. The number of piperazine rings is 1. The van der Waals surface area contributed by atoms with Crippen LogP contribution >= 0.6 is 11.3 Å². The summed E-state index contributed by atoms with van der Waals surface area (Å²) in [6.07, 6.45) is 3.46. The van der Waals surface area contributed by atoms with Gasteiger partial charge in [0.15, 0.2) is 5.96 Å². The number of nitrogens with one attached hydrogen (secondary N) is 1. The zero-order chi connectivity index (χ0) is 17.3. The molecule has 134 valence electrons. The van der Waals surface area contributed by atoms with E-state index in [1.165, 1.54) is 4.88 Å². The van der Waals surface area contributed by atoms with Gasteiger partial charge in [-0.15, -0.1) is 11.3 Å². The van der Waals surface area contributed by atoms with Gasteiger partial charge in [-0.05, 0) is 23.6 Å². The normalized spacial score (nSPS) is 16.0. The molecule has 1 fully saturated rings. The van der Waals surface area contributed by atoms with Crippen molar-refractivity contribution in [1.29, 1.82) is 0 Å². The number of hydrogen-bond acceptors (Lipinski definition) is 5. The van der Waals surface area contributed by atoms with E-state index in [2.05, 4.69) is 42.6 Å². The largest absolute Gasteiger partial charge is 0.490 e. The first kappa shape index (κ1) is 17.7. The number of rotatable bonds is 6. The standard InChI is InChI=1S/C18H25N5OS/c1-19-18(21-7-12-24-16-4-2-6-20-14-16)23-10-8-22(9-11-23)15-17-5-3-13-25-17/h2-6,13-14H,7-12,15H2,1H3,(H,19,21). The van der Waals surface area contributed by atoms with Gasteiger partial charge in [0.25, 0.3) is 0 Å². The van der Waals surface area contributed by atoms with Crippen LogP contribution in [0.25, 0.3) is 0 Å². The van der Waals surface area contributed by atoms with Gasteiger partial charge in [-0.25, -0.2) is 0 Å². The maximum Gasteiger partial charge on any atom is 0.193 e. The van der Waals surface area contributed by atoms with Crippen molar-refractivity contribution in [3.8, 4) is 5.75 Å². The highest BCUT2D eigenvalue weighted by atomic mass is 32.1. The monoisotopic (exact) mass is 359 g/mol. The van der Waals surface area contributed by atoms with E-state index < -0.39 is 0 Å². The number of aromatic nitrogens is 1. The summed E-state index contributed by atoms with van der Waals surface area (Å²) >= 11 is 1.83. The lowest BCUT2D eigenvalue weighted by molar-refractivity contribution is 0.173. The highest BCUT2D eigenvalue weighted by Crippen LogP contribution is 2.13. The van der Waals surface area contributed by atoms with E-state index in [0.29, 0.717) is 6.61 Å². The average molecular weight is 359 g/mol. The fourth-order valence-electron chi connectivity index (χ4n) is 2.84. The van der Waals surface area contributed by atoms with Crippen molar-refractivity contribution >= 4 is 17.3 Å². The van der Waals surface area contributed by atoms with E-state index >= 15 is 0 Å². The fourth-order valence-corrected chi connectivity index (χ4v) is 3.58. The van der Waals surface area contributed by atoms with Crippen LogP contribution in [-0.4, -0.2) is 67.1 Å². The molecule has 0 spiro atoms. The van der Waals surface area contributed by atoms with E-state index in [1.54, 1.807) is 12.4 Å². The number of pyridine rings is 1. The fraction of sp³-hybridized carbons (Fsp3) is 0.444. The predicted octanol–water partition coefficient (Wildman–Crippen LogP) is 1.92. The zero-order valence-electron chi connectivity index (χ0n) is 14.6. The first-order valence-electron chi connectivity index (χ1n) is 8.58. The third-order valence-corrected chi connectivity index (χ3v) is 4.99. The molecule has 0 atom stereocenters. The Morgan fingerprint density at radius 1 is 1.28 bits per heavy atom. The van der Waals surface area contributed by atoms with Gasteiger partial charge in [-0.1, -0.05) is 6.07 Å². The lowest BCUT2D eigenvalue weighted by atomic mass is 10.3. The smallest absolute Gasteiger partial charge is 0.193 e. The van der Waals surface area contributed by atoms with E-state index in [0.717, 1.165) is 51.0 Å². The van der Waals surface area contributed by atoms with Crippen LogP contribution in [0.5, 0.6) is 5.75 Å². The Hall–Kier alpha value is -2.12. The molecule has 1 aliphatic heterocycles. The van der Waals surface area contributed by atoms with Crippen molar-refractivity contribution in [2.75, 3.05) is 46.4 Å². The van der Waals surface area contributed by atoms with Crippen LogP contribution in [0.4, 0.5) is 0 Å². The minimum atomic E-state index is 0.586. The number of aliphatic imine (C=N–C) groups is 1. The predicted molar refractivity (Wildman–Crippen MR) is 102 cm³/mol. The molecule has 2 aromatic heterocycles. The molecule has 7 heteroatoms. The highest BCUT2D eigenvalue weighted by Gasteiger charge is 2.19. The molecule has 0 saturated carbocycles. The van der Waals surface area contributed by atoms with Crippen LogP contribution in [0.2, 0.25) is 0 Å². The van der Waals surface area contributed by atoms with Crippen molar-refractivity contribution in [2.45, 2.75) is 6.54 Å². The average Bonchev–Trinajstić information content (AvgIpc) is 3.17. The van der Waals surface area contributed by atoms with E-state index in [-0.39, 0.29) is 0 Å². The third kappa shape index (κ3) is 5.44. The van der Waals surface area contributed by atoms with Gasteiger partial charge >= 0.3 is 0 Å². The van der Waals surface area contributed by atoms with Crippen LogP contribution in [-0.2, 0) is 6.54 Å². The van der Waals surface area contributed by atoms with Gasteiger partial charge in [0.05, 0.1) is 12.7 Å². The molecule has 3 heterocycles. The Balaban J connectivity index is 1.37. The first-order valence-corrected chi connectivity index (χ1v) is 9.46. The molecule has 2 aromatic rings. The van der Waals surface area contributed by atoms with Gasteiger partial charge in [-0.3, -0.25) is 14.9 Å². The lowest BCUT2D eigenvalue weighted by Gasteiger charge is -2.36. The third-order valence-electron chi connectivity index (χ3n) is 4.13. The van der Waals surface area contributed by atoms with E-state index in [9.17, 15) is 0 Å². The maximum absolute atomic E-state index is 5.66. The Bertz CT molecular complexity index is 639. The van der Waals surface area contributed by atoms with E-state index in [4.69, 9.17) is 4.74 Å². The first-order chi connectivity index (χ1) is 12.3. The second kappa shape index (κ2) is 9.39. The minimum absolute atomic E-state index is 0.586. The summed E-state index contributed by atoms with van der Waals surface area (Å²) in [7, 11) is 1.84. The molecule has 0 bridgehead atoms. The number of nitrogens with zero attached hydrogens (tertiary/aromatic N) is 4. The van der Waals surface area contributed by atoms with Crippen molar-refractivity contribution in [3.05, 3.63) is 46.9 Å². The van der Waals surface area contributed by atoms with Crippen LogP contribution in [0.3, 0.4) is 0 Å². The van der Waals surface area contributed by atoms with Crippen molar-refractivity contribution in [2.24, 2.45) is 4.99 Å². The summed E-state index contributed by atoms with van der Waals surface area (Å²) in [6.45, 7) is 6.47. The quantitative estimate of drug-likeness (QED) is 0.485. The summed E-state index contributed by atoms with van der Waals surface area (Å²) in [5.74, 6) is 1.74. The second-order valence-corrected chi connectivity index (χ2v) is 6.89. The molecule has 0 aromatic carbocycles. The van der Waals surface area contributed by atoms with Gasteiger partial charge in [0.2, 0.25) is 0 Å². The molecule has 0 amide bonds. The maximum atomic E-state index is 5.66. The summed E-state index contributed by atoms with van der Waals surface area (Å²) < 4.78 is 5.66. The second-order valence-electron chi connectivity index (χ2n) is 5.85. The Labute approximate surface area is 153 Å². The molecule has 25 heavy (non-hydrogen) atoms. The molecule has 3 rings (SSSR count). The zero-order valence-corrected chi connectivity index (χ0v) is 15.4. The van der Waals surface area contributed by atoms with Crippen LogP contribution in [0, 0.1) is 0 Å². The van der Waals surface area contributed by atoms with Gasteiger partial charge in [0, 0.05) is 50.8 Å². The van der Waals surface area contributed by atoms with Crippen molar-refractivity contribution in [3.63, 3.8) is 0 Å². The highest BCUT2D eigenvalue weighted by molar-refractivity contribution is 7.09. The number of guanidine groups is 1. The van der Waals surface area contributed by atoms with Crippen molar-refractivity contribution in [1.82, 2.24) is 20.1 Å². The number of hydrogen-bond donors (Lipinski definition) is 1. The molecular formula is C18H25N5OS. The Morgan fingerprint density at radius 3 is 2.84 bits per heavy atom. The number of thiophene rings is 1. The summed E-state index contributed by atoms with van der Waals surface area (Å²) in [6, 6.07) is 8.11. The summed E-state index contributed by atoms with van der Waals surface area (Å²) in [5, 5.41) is 5.53. The summed E-state index contributed by atoms with van der Waals surface area (Å²) in [4.78, 5) is 14.7. The topological polar surface area (TPSA) is 53.0 Å². The van der Waals surface area contributed by atoms with E-state index in [1.807, 2.05) is 30.5 Å². The minimum Gasteiger partial charge on any atom is -0.490 e. The van der Waals surface area contributed by atoms with Crippen LogP contribution < -0.4 is 10.1 Å². The summed E-state index contributed by atoms with van der Waals surface area (Å²) in [5.41, 5.74) is 0. The Morgan fingerprint density at radius 2 is 2.16 bits per heavy atom. The molecule has 0 radical (unpaired) electrons. The van der Waals surface area contributed by atoms with Crippen molar-refractivity contribution < 1.29 is 4.74 Å². The molecule has 6 nitrogen and oxygen atoms in total. The molecule has 0 unspecified atom stereocenters. The Kier molecular flexibility index (Phi) is 6.64. The van der Waals surface area contributed by atoms with Gasteiger partial charge < -0.3 is 15.0 Å². The van der Waals surface area contributed by atoms with Crippen LogP contribution in [0.1, 0.15) is 4.88 Å². The molecule has 1 aliphatic rings. The molecule has 1 N–H and O–H groups in total. The van der Waals surface area contributed by atoms with Gasteiger partial charge in [0.1, 0.15) is 12.4 Å². The molecule has 1 saturated heterocycles.